The van der Waals surface area contributed by atoms with E-state index in [9.17, 15) is 0 Å². The molecule has 1 aliphatic rings. The van der Waals surface area contributed by atoms with Gasteiger partial charge in [-0.1, -0.05) is 6.92 Å². The Morgan fingerprint density at radius 2 is 2.12 bits per heavy atom. The summed E-state index contributed by atoms with van der Waals surface area (Å²) in [6.07, 6.45) is 3.94. The fourth-order valence-corrected chi connectivity index (χ4v) is 2.40. The minimum atomic E-state index is 0.0278. The highest BCUT2D eigenvalue weighted by Crippen LogP contribution is 2.23. The molecule has 0 aromatic rings. The summed E-state index contributed by atoms with van der Waals surface area (Å²) in [4.78, 5) is 2.53. The molecular formula is C13H28N2O. The monoisotopic (exact) mass is 228 g/mol. The molecule has 1 aliphatic heterocycles. The highest BCUT2D eigenvalue weighted by Gasteiger charge is 2.31. The molecule has 1 fully saturated rings. The van der Waals surface area contributed by atoms with E-state index in [4.69, 9.17) is 10.5 Å². The molecule has 3 nitrogen and oxygen atoms in total. The van der Waals surface area contributed by atoms with Crippen LogP contribution >= 0.6 is 0 Å². The molecular weight excluding hydrogens is 200 g/mol. The van der Waals surface area contributed by atoms with Crippen LogP contribution in [0.15, 0.2) is 0 Å². The lowest BCUT2D eigenvalue weighted by molar-refractivity contribution is 0.0115. The predicted octanol–water partition coefficient (Wildman–Crippen LogP) is 1.86. The lowest BCUT2D eigenvalue weighted by atomic mass is 10.0. The molecule has 0 spiro atoms. The molecule has 96 valence electrons. The van der Waals surface area contributed by atoms with Gasteiger partial charge in [0, 0.05) is 13.2 Å². The van der Waals surface area contributed by atoms with Gasteiger partial charge in [-0.15, -0.1) is 0 Å². The molecule has 3 heteroatoms. The molecule has 2 N–H and O–H groups in total. The first kappa shape index (κ1) is 13.9. The van der Waals surface area contributed by atoms with E-state index < -0.39 is 0 Å². The summed E-state index contributed by atoms with van der Waals surface area (Å²) in [5.41, 5.74) is 5.97. The van der Waals surface area contributed by atoms with Crippen LogP contribution < -0.4 is 5.73 Å². The third kappa shape index (κ3) is 3.72. The molecule has 0 aromatic carbocycles. The van der Waals surface area contributed by atoms with Gasteiger partial charge in [0.2, 0.25) is 0 Å². The van der Waals surface area contributed by atoms with Crippen molar-refractivity contribution in [2.75, 3.05) is 32.8 Å². The van der Waals surface area contributed by atoms with Gasteiger partial charge in [0.25, 0.3) is 0 Å². The number of rotatable bonds is 5. The number of hydrogen-bond acceptors (Lipinski definition) is 3. The maximum Gasteiger partial charge on any atom is 0.0659 e. The minimum Gasteiger partial charge on any atom is -0.380 e. The summed E-state index contributed by atoms with van der Waals surface area (Å²) in [5, 5.41) is 0. The van der Waals surface area contributed by atoms with Crippen molar-refractivity contribution in [1.82, 2.24) is 4.90 Å². The van der Waals surface area contributed by atoms with E-state index in [2.05, 4.69) is 18.7 Å². The molecule has 1 rings (SSSR count). The van der Waals surface area contributed by atoms with Crippen LogP contribution in [0.25, 0.3) is 0 Å². The summed E-state index contributed by atoms with van der Waals surface area (Å²) < 4.78 is 5.59. The number of nitrogens with zero attached hydrogens (tertiary/aromatic N) is 1. The Labute approximate surface area is 100 Å². The maximum absolute atomic E-state index is 5.94. The van der Waals surface area contributed by atoms with Crippen molar-refractivity contribution in [2.24, 2.45) is 11.7 Å². The van der Waals surface area contributed by atoms with Gasteiger partial charge in [-0.2, -0.15) is 0 Å². The molecule has 16 heavy (non-hydrogen) atoms. The van der Waals surface area contributed by atoms with Crippen molar-refractivity contribution >= 4 is 0 Å². The van der Waals surface area contributed by atoms with Crippen molar-refractivity contribution in [3.63, 3.8) is 0 Å². The van der Waals surface area contributed by atoms with Gasteiger partial charge in [0.15, 0.2) is 0 Å². The van der Waals surface area contributed by atoms with Crippen molar-refractivity contribution < 1.29 is 4.74 Å². The van der Waals surface area contributed by atoms with E-state index in [1.165, 1.54) is 32.4 Å². The van der Waals surface area contributed by atoms with Crippen molar-refractivity contribution in [2.45, 2.75) is 45.6 Å². The van der Waals surface area contributed by atoms with E-state index in [0.29, 0.717) is 6.54 Å². The molecule has 1 saturated heterocycles. The van der Waals surface area contributed by atoms with Gasteiger partial charge in [-0.3, -0.25) is 4.90 Å². The van der Waals surface area contributed by atoms with E-state index in [-0.39, 0.29) is 5.54 Å². The van der Waals surface area contributed by atoms with Gasteiger partial charge in [-0.25, -0.2) is 0 Å². The quantitative estimate of drug-likeness (QED) is 0.780. The molecule has 0 bridgehead atoms. The second-order valence-electron chi connectivity index (χ2n) is 5.36. The third-order valence-electron chi connectivity index (χ3n) is 3.84. The maximum atomic E-state index is 5.94. The molecule has 2 unspecified atom stereocenters. The lowest BCUT2D eigenvalue weighted by Gasteiger charge is -2.39. The first-order valence-electron chi connectivity index (χ1n) is 6.65. The van der Waals surface area contributed by atoms with Crippen LogP contribution in [-0.4, -0.2) is 43.3 Å². The Morgan fingerprint density at radius 1 is 1.38 bits per heavy atom. The summed E-state index contributed by atoms with van der Waals surface area (Å²) in [5.74, 6) is 0.860. The highest BCUT2D eigenvalue weighted by molar-refractivity contribution is 4.88. The van der Waals surface area contributed by atoms with Crippen LogP contribution in [0, 0.1) is 5.92 Å². The second-order valence-corrected chi connectivity index (χ2v) is 5.36. The number of ether oxygens (including phenoxy) is 1. The molecule has 0 aliphatic carbocycles. The van der Waals surface area contributed by atoms with Gasteiger partial charge in [-0.05, 0) is 52.1 Å². The van der Waals surface area contributed by atoms with Crippen LogP contribution in [0.5, 0.6) is 0 Å². The van der Waals surface area contributed by atoms with Crippen LogP contribution in [0.2, 0.25) is 0 Å². The highest BCUT2D eigenvalue weighted by atomic mass is 16.5. The molecule has 2 atom stereocenters. The molecule has 1 heterocycles. The Bertz CT molecular complexity index is 198. The Balaban J connectivity index is 2.56. The average molecular weight is 228 g/mol. The Kier molecular flexibility index (Phi) is 5.73. The van der Waals surface area contributed by atoms with Gasteiger partial charge in [0.05, 0.1) is 12.1 Å². The third-order valence-corrected chi connectivity index (χ3v) is 3.84. The van der Waals surface area contributed by atoms with Crippen LogP contribution in [0.3, 0.4) is 0 Å². The van der Waals surface area contributed by atoms with Crippen molar-refractivity contribution in [3.8, 4) is 0 Å². The summed E-state index contributed by atoms with van der Waals surface area (Å²) in [6.45, 7) is 11.2. The second kappa shape index (κ2) is 6.58. The van der Waals surface area contributed by atoms with Crippen LogP contribution in [0.4, 0.5) is 0 Å². The van der Waals surface area contributed by atoms with E-state index in [0.717, 1.165) is 19.1 Å². The predicted molar refractivity (Wildman–Crippen MR) is 68.5 cm³/mol. The number of nitrogens with two attached hydrogens (primary N) is 1. The largest absolute Gasteiger partial charge is 0.380 e. The molecule has 0 aromatic heterocycles. The minimum absolute atomic E-state index is 0.0278. The topological polar surface area (TPSA) is 38.5 Å². The van der Waals surface area contributed by atoms with Crippen molar-refractivity contribution in [1.29, 1.82) is 0 Å². The molecule has 0 radical (unpaired) electrons. The van der Waals surface area contributed by atoms with Gasteiger partial charge < -0.3 is 10.5 Å². The zero-order valence-electron chi connectivity index (χ0n) is 11.2. The normalized spacial score (nSPS) is 27.4. The van der Waals surface area contributed by atoms with Crippen LogP contribution in [0.1, 0.15) is 40.0 Å². The Hall–Kier alpha value is -0.120. The van der Waals surface area contributed by atoms with Crippen molar-refractivity contribution in [3.05, 3.63) is 0 Å². The average Bonchev–Trinajstić information content (AvgIpc) is 2.51. The zero-order chi connectivity index (χ0) is 12.0. The first-order valence-corrected chi connectivity index (χ1v) is 6.65. The lowest BCUT2D eigenvalue weighted by Crippen LogP contribution is -2.55. The molecule has 0 amide bonds. The first-order chi connectivity index (χ1) is 7.62. The fraction of sp³-hybridized carbons (Fsp3) is 1.00. The smallest absolute Gasteiger partial charge is 0.0659 e. The van der Waals surface area contributed by atoms with Gasteiger partial charge in [0.1, 0.15) is 0 Å². The summed E-state index contributed by atoms with van der Waals surface area (Å²) in [6, 6.07) is 0. The van der Waals surface area contributed by atoms with E-state index in [1.54, 1.807) is 0 Å². The summed E-state index contributed by atoms with van der Waals surface area (Å²) in [7, 11) is 0. The Morgan fingerprint density at radius 3 is 2.75 bits per heavy atom. The standard InChI is InChI=1S/C13H28N2O/c1-4-16-11-13(3,10-14)15-8-5-6-12(2)7-9-15/h12H,4-11,14H2,1-3H3. The molecule has 0 saturated carbocycles. The van der Waals surface area contributed by atoms with E-state index >= 15 is 0 Å². The number of hydrogen-bond donors (Lipinski definition) is 1. The van der Waals surface area contributed by atoms with Gasteiger partial charge >= 0.3 is 0 Å². The zero-order valence-corrected chi connectivity index (χ0v) is 11.2. The summed E-state index contributed by atoms with van der Waals surface area (Å²) >= 11 is 0. The van der Waals surface area contributed by atoms with Crippen LogP contribution in [-0.2, 0) is 4.74 Å². The number of likely N-dealkylation sites (tertiary alicyclic amines) is 1. The van der Waals surface area contributed by atoms with E-state index in [1.807, 2.05) is 6.92 Å². The SMILES string of the molecule is CCOCC(C)(CN)N1CCCC(C)CC1. The fourth-order valence-electron chi connectivity index (χ4n) is 2.40.